The zero-order chi connectivity index (χ0) is 12.6. The predicted molar refractivity (Wildman–Crippen MR) is 75.1 cm³/mol. The lowest BCUT2D eigenvalue weighted by Gasteiger charge is -2.41. The van der Waals surface area contributed by atoms with Crippen LogP contribution < -0.4 is 10.5 Å². The lowest BCUT2D eigenvalue weighted by molar-refractivity contribution is 0.253. The molecule has 18 heavy (non-hydrogen) atoms. The standard InChI is InChI=1S/C16H19NO/c1-18-15-6-4-12-9-14(5-3-13(12)10-15)16(11-17)7-2-8-16/h3-6,9-10H,2,7-8,11,17H2,1H3. The molecule has 0 bridgehead atoms. The van der Waals surface area contributed by atoms with Crippen LogP contribution in [0, 0.1) is 0 Å². The number of methoxy groups -OCH3 is 1. The zero-order valence-electron chi connectivity index (χ0n) is 10.8. The van der Waals surface area contributed by atoms with Crippen LogP contribution in [0.15, 0.2) is 36.4 Å². The van der Waals surface area contributed by atoms with Gasteiger partial charge in [-0.05, 0) is 41.3 Å². The van der Waals surface area contributed by atoms with E-state index in [1.165, 1.54) is 35.6 Å². The van der Waals surface area contributed by atoms with Crippen LogP contribution in [-0.4, -0.2) is 13.7 Å². The van der Waals surface area contributed by atoms with Crippen LogP contribution in [0.2, 0.25) is 0 Å². The Kier molecular flexibility index (Phi) is 2.75. The van der Waals surface area contributed by atoms with Gasteiger partial charge < -0.3 is 10.5 Å². The van der Waals surface area contributed by atoms with Crippen molar-refractivity contribution in [3.05, 3.63) is 42.0 Å². The number of rotatable bonds is 3. The van der Waals surface area contributed by atoms with E-state index in [2.05, 4.69) is 30.3 Å². The van der Waals surface area contributed by atoms with Crippen LogP contribution in [-0.2, 0) is 5.41 Å². The second kappa shape index (κ2) is 4.29. The molecule has 1 saturated carbocycles. The first kappa shape index (κ1) is 11.5. The normalized spacial score (nSPS) is 17.4. The maximum absolute atomic E-state index is 5.97. The van der Waals surface area contributed by atoms with Gasteiger partial charge >= 0.3 is 0 Å². The van der Waals surface area contributed by atoms with Crippen LogP contribution >= 0.6 is 0 Å². The van der Waals surface area contributed by atoms with E-state index in [-0.39, 0.29) is 5.41 Å². The minimum absolute atomic E-state index is 0.244. The second-order valence-electron chi connectivity index (χ2n) is 5.27. The highest BCUT2D eigenvalue weighted by Crippen LogP contribution is 2.43. The topological polar surface area (TPSA) is 35.2 Å². The smallest absolute Gasteiger partial charge is 0.119 e. The van der Waals surface area contributed by atoms with Crippen molar-refractivity contribution in [2.24, 2.45) is 5.73 Å². The summed E-state index contributed by atoms with van der Waals surface area (Å²) in [5.74, 6) is 0.910. The first-order valence-electron chi connectivity index (χ1n) is 6.56. The van der Waals surface area contributed by atoms with E-state index in [0.29, 0.717) is 0 Å². The molecule has 1 aliphatic carbocycles. The minimum Gasteiger partial charge on any atom is -0.497 e. The summed E-state index contributed by atoms with van der Waals surface area (Å²) in [6.07, 6.45) is 3.76. The Morgan fingerprint density at radius 2 is 1.83 bits per heavy atom. The van der Waals surface area contributed by atoms with Crippen LogP contribution in [0.4, 0.5) is 0 Å². The lowest BCUT2D eigenvalue weighted by Crippen LogP contribution is -2.41. The third-order valence-electron chi connectivity index (χ3n) is 4.36. The zero-order valence-corrected chi connectivity index (χ0v) is 10.8. The highest BCUT2D eigenvalue weighted by molar-refractivity contribution is 5.84. The molecule has 0 aliphatic heterocycles. The molecule has 2 aromatic carbocycles. The van der Waals surface area contributed by atoms with E-state index in [1.807, 2.05) is 6.07 Å². The van der Waals surface area contributed by atoms with Crippen molar-refractivity contribution >= 4 is 10.8 Å². The summed E-state index contributed by atoms with van der Waals surface area (Å²) in [5, 5.41) is 2.50. The molecule has 0 aromatic heterocycles. The molecule has 2 aromatic rings. The average molecular weight is 241 g/mol. The molecular weight excluding hydrogens is 222 g/mol. The molecule has 3 rings (SSSR count). The molecule has 2 nitrogen and oxygen atoms in total. The Morgan fingerprint density at radius 3 is 2.44 bits per heavy atom. The van der Waals surface area contributed by atoms with E-state index in [0.717, 1.165) is 12.3 Å². The van der Waals surface area contributed by atoms with Crippen molar-refractivity contribution < 1.29 is 4.74 Å². The molecule has 0 spiro atoms. The second-order valence-corrected chi connectivity index (χ2v) is 5.27. The molecule has 1 aliphatic rings. The third kappa shape index (κ3) is 1.68. The maximum Gasteiger partial charge on any atom is 0.119 e. The fourth-order valence-electron chi connectivity index (χ4n) is 2.89. The first-order valence-corrected chi connectivity index (χ1v) is 6.56. The fourth-order valence-corrected chi connectivity index (χ4v) is 2.89. The van der Waals surface area contributed by atoms with Gasteiger partial charge in [0.1, 0.15) is 5.75 Å². The highest BCUT2D eigenvalue weighted by Gasteiger charge is 2.37. The van der Waals surface area contributed by atoms with Crippen molar-refractivity contribution in [1.82, 2.24) is 0 Å². The fraction of sp³-hybridized carbons (Fsp3) is 0.375. The van der Waals surface area contributed by atoms with E-state index in [1.54, 1.807) is 7.11 Å². The van der Waals surface area contributed by atoms with Crippen molar-refractivity contribution in [2.45, 2.75) is 24.7 Å². The quantitative estimate of drug-likeness (QED) is 0.895. The van der Waals surface area contributed by atoms with Crippen molar-refractivity contribution in [3.8, 4) is 5.75 Å². The molecule has 1 fully saturated rings. The Labute approximate surface area is 108 Å². The van der Waals surface area contributed by atoms with Crippen LogP contribution in [0.25, 0.3) is 10.8 Å². The maximum atomic E-state index is 5.97. The molecule has 2 N–H and O–H groups in total. The van der Waals surface area contributed by atoms with E-state index >= 15 is 0 Å². The van der Waals surface area contributed by atoms with Gasteiger partial charge in [-0.25, -0.2) is 0 Å². The Morgan fingerprint density at radius 1 is 1.11 bits per heavy atom. The van der Waals surface area contributed by atoms with Crippen LogP contribution in [0.1, 0.15) is 24.8 Å². The monoisotopic (exact) mass is 241 g/mol. The van der Waals surface area contributed by atoms with E-state index in [9.17, 15) is 0 Å². The molecule has 0 radical (unpaired) electrons. The highest BCUT2D eigenvalue weighted by atomic mass is 16.5. The molecule has 2 heteroatoms. The summed E-state index contributed by atoms with van der Waals surface area (Å²) in [5.41, 5.74) is 7.61. The molecule has 94 valence electrons. The van der Waals surface area contributed by atoms with Crippen molar-refractivity contribution in [1.29, 1.82) is 0 Å². The molecule has 0 atom stereocenters. The Balaban J connectivity index is 2.06. The van der Waals surface area contributed by atoms with Gasteiger partial charge in [0.2, 0.25) is 0 Å². The summed E-state index contributed by atoms with van der Waals surface area (Å²) in [6, 6.07) is 12.9. The average Bonchev–Trinajstić information content (AvgIpc) is 2.37. The van der Waals surface area contributed by atoms with Crippen LogP contribution in [0.5, 0.6) is 5.75 Å². The summed E-state index contributed by atoms with van der Waals surface area (Å²) in [6.45, 7) is 0.759. The van der Waals surface area contributed by atoms with Gasteiger partial charge in [-0.15, -0.1) is 0 Å². The van der Waals surface area contributed by atoms with Crippen LogP contribution in [0.3, 0.4) is 0 Å². The molecule has 0 unspecified atom stereocenters. The van der Waals surface area contributed by atoms with Gasteiger partial charge in [-0.2, -0.15) is 0 Å². The summed E-state index contributed by atoms with van der Waals surface area (Å²) >= 11 is 0. The number of benzene rings is 2. The molecule has 0 heterocycles. The van der Waals surface area contributed by atoms with Gasteiger partial charge in [0.05, 0.1) is 7.11 Å². The van der Waals surface area contributed by atoms with Gasteiger partial charge in [-0.1, -0.05) is 30.7 Å². The SMILES string of the molecule is COc1ccc2cc(C3(CN)CCC3)ccc2c1. The summed E-state index contributed by atoms with van der Waals surface area (Å²) in [7, 11) is 1.70. The number of hydrogen-bond donors (Lipinski definition) is 1. The van der Waals surface area contributed by atoms with Gasteiger partial charge in [0, 0.05) is 12.0 Å². The number of nitrogens with two attached hydrogens (primary N) is 1. The third-order valence-corrected chi connectivity index (χ3v) is 4.36. The van der Waals surface area contributed by atoms with Gasteiger partial charge in [0.15, 0.2) is 0 Å². The molecular formula is C16H19NO. The van der Waals surface area contributed by atoms with E-state index < -0.39 is 0 Å². The van der Waals surface area contributed by atoms with Crippen molar-refractivity contribution in [3.63, 3.8) is 0 Å². The number of fused-ring (bicyclic) bond motifs is 1. The Bertz CT molecular complexity index is 567. The lowest BCUT2D eigenvalue weighted by atomic mass is 9.64. The number of hydrogen-bond acceptors (Lipinski definition) is 2. The minimum atomic E-state index is 0.244. The summed E-state index contributed by atoms with van der Waals surface area (Å²) < 4.78 is 5.25. The molecule has 0 saturated heterocycles. The predicted octanol–water partition coefficient (Wildman–Crippen LogP) is 3.23. The largest absolute Gasteiger partial charge is 0.497 e. The summed E-state index contributed by atoms with van der Waals surface area (Å²) in [4.78, 5) is 0. The van der Waals surface area contributed by atoms with Gasteiger partial charge in [-0.3, -0.25) is 0 Å². The van der Waals surface area contributed by atoms with E-state index in [4.69, 9.17) is 10.5 Å². The molecule has 0 amide bonds. The van der Waals surface area contributed by atoms with Crippen molar-refractivity contribution in [2.75, 3.05) is 13.7 Å². The number of ether oxygens (including phenoxy) is 1. The van der Waals surface area contributed by atoms with Gasteiger partial charge in [0.25, 0.3) is 0 Å². The first-order chi connectivity index (χ1) is 8.77. The Hall–Kier alpha value is -1.54.